The molecule has 4 N–H and O–H groups in total. The lowest BCUT2D eigenvalue weighted by Crippen LogP contribution is -2.54. The van der Waals surface area contributed by atoms with Gasteiger partial charge in [0.25, 0.3) is 0 Å². The van der Waals surface area contributed by atoms with Crippen molar-refractivity contribution in [1.29, 1.82) is 0 Å². The molecule has 40 heavy (non-hydrogen) atoms. The van der Waals surface area contributed by atoms with Gasteiger partial charge >= 0.3 is 0 Å². The predicted octanol–water partition coefficient (Wildman–Crippen LogP) is 1.78. The van der Waals surface area contributed by atoms with E-state index in [0.717, 1.165) is 0 Å². The van der Waals surface area contributed by atoms with E-state index in [4.69, 9.17) is 0 Å². The van der Waals surface area contributed by atoms with Gasteiger partial charge in [-0.25, -0.2) is 0 Å². The van der Waals surface area contributed by atoms with E-state index >= 15 is 0 Å². The summed E-state index contributed by atoms with van der Waals surface area (Å²) >= 11 is 0. The number of piperidine rings is 4. The average Bonchev–Trinajstić information content (AvgIpc) is 3.00. The van der Waals surface area contributed by atoms with Crippen molar-refractivity contribution < 1.29 is 0 Å². The third-order valence-electron chi connectivity index (χ3n) is 10.5. The minimum atomic E-state index is 0.682. The standard InChI is InChI=1S/C32H64N8/c1-5-13-33-29(9-1)25-37-17-19-38(26-30-10-2-6-14-34-30)21-23-40(28-32-12-4-8-16-36-32)24-22-39(20-18-37)27-31-11-3-7-15-35-31/h29-36H,1-28H2. The van der Waals surface area contributed by atoms with Crippen molar-refractivity contribution in [3.63, 3.8) is 0 Å². The SMILES string of the molecule is C1CCC(CN2CCN(CC3CCCCN3)CCN(CC3CCCCN3)CCN(CC3CCCCN3)CC2)NC1. The molecule has 0 aromatic heterocycles. The van der Waals surface area contributed by atoms with E-state index in [1.165, 1.54) is 182 Å². The second kappa shape index (κ2) is 17.7. The topological polar surface area (TPSA) is 61.1 Å². The van der Waals surface area contributed by atoms with Crippen LogP contribution < -0.4 is 21.3 Å². The molecule has 4 atom stereocenters. The zero-order valence-corrected chi connectivity index (χ0v) is 25.9. The minimum Gasteiger partial charge on any atom is -0.313 e. The summed E-state index contributed by atoms with van der Waals surface area (Å²) in [5.41, 5.74) is 0. The molecule has 0 aromatic carbocycles. The molecule has 0 spiro atoms. The van der Waals surface area contributed by atoms with Gasteiger partial charge in [0, 0.05) is 103 Å². The largest absolute Gasteiger partial charge is 0.313 e. The summed E-state index contributed by atoms with van der Waals surface area (Å²) in [6.07, 6.45) is 16.4. The summed E-state index contributed by atoms with van der Waals surface area (Å²) < 4.78 is 0. The van der Waals surface area contributed by atoms with Crippen LogP contribution in [0.2, 0.25) is 0 Å². The highest BCUT2D eigenvalue weighted by molar-refractivity contribution is 4.84. The fourth-order valence-corrected chi connectivity index (χ4v) is 7.87. The first kappa shape index (κ1) is 31.1. The summed E-state index contributed by atoms with van der Waals surface area (Å²) in [5, 5.41) is 15.4. The quantitative estimate of drug-likeness (QED) is 0.359. The lowest BCUT2D eigenvalue weighted by molar-refractivity contribution is 0.108. The van der Waals surface area contributed by atoms with Gasteiger partial charge in [-0.2, -0.15) is 0 Å². The molecule has 232 valence electrons. The van der Waals surface area contributed by atoms with Crippen molar-refractivity contribution in [2.24, 2.45) is 0 Å². The van der Waals surface area contributed by atoms with E-state index in [-0.39, 0.29) is 0 Å². The van der Waals surface area contributed by atoms with Gasteiger partial charge in [0.1, 0.15) is 0 Å². The second-order valence-corrected chi connectivity index (χ2v) is 13.8. The van der Waals surface area contributed by atoms with Gasteiger partial charge in [0.15, 0.2) is 0 Å². The monoisotopic (exact) mass is 561 g/mol. The van der Waals surface area contributed by atoms with E-state index in [1.54, 1.807) is 0 Å². The lowest BCUT2D eigenvalue weighted by Gasteiger charge is -2.39. The molecular weight excluding hydrogens is 496 g/mol. The van der Waals surface area contributed by atoms with Crippen LogP contribution in [0.5, 0.6) is 0 Å². The molecule has 0 bridgehead atoms. The second-order valence-electron chi connectivity index (χ2n) is 13.8. The van der Waals surface area contributed by atoms with Gasteiger partial charge in [0.2, 0.25) is 0 Å². The van der Waals surface area contributed by atoms with Gasteiger partial charge in [-0.3, -0.25) is 19.6 Å². The molecule has 0 amide bonds. The smallest absolute Gasteiger partial charge is 0.0195 e. The highest BCUT2D eigenvalue weighted by Gasteiger charge is 2.25. The summed E-state index contributed by atoms with van der Waals surface area (Å²) in [6, 6.07) is 2.73. The van der Waals surface area contributed by atoms with Crippen LogP contribution in [0.3, 0.4) is 0 Å². The Kier molecular flexibility index (Phi) is 13.8. The fourth-order valence-electron chi connectivity index (χ4n) is 7.87. The van der Waals surface area contributed by atoms with Crippen molar-refractivity contribution >= 4 is 0 Å². The van der Waals surface area contributed by atoms with Crippen molar-refractivity contribution in [2.45, 2.75) is 101 Å². The molecule has 5 heterocycles. The third kappa shape index (κ3) is 11.1. The molecule has 0 aliphatic carbocycles. The van der Waals surface area contributed by atoms with Crippen LogP contribution in [0.4, 0.5) is 0 Å². The van der Waals surface area contributed by atoms with Crippen LogP contribution >= 0.6 is 0 Å². The van der Waals surface area contributed by atoms with E-state index in [1.807, 2.05) is 0 Å². The van der Waals surface area contributed by atoms with Crippen molar-refractivity contribution in [3.8, 4) is 0 Å². The van der Waals surface area contributed by atoms with Crippen LogP contribution in [-0.4, -0.2) is 148 Å². The summed E-state index contributed by atoms with van der Waals surface area (Å²) in [6.45, 7) is 19.5. The van der Waals surface area contributed by atoms with Crippen LogP contribution in [0.25, 0.3) is 0 Å². The molecule has 5 fully saturated rings. The van der Waals surface area contributed by atoms with E-state index < -0.39 is 0 Å². The Morgan fingerprint density at radius 2 is 0.550 bits per heavy atom. The van der Waals surface area contributed by atoms with E-state index in [9.17, 15) is 0 Å². The fraction of sp³-hybridized carbons (Fsp3) is 1.00. The van der Waals surface area contributed by atoms with Crippen molar-refractivity contribution in [3.05, 3.63) is 0 Å². The Balaban J connectivity index is 1.24. The van der Waals surface area contributed by atoms with Gasteiger partial charge < -0.3 is 21.3 Å². The number of hydrogen-bond acceptors (Lipinski definition) is 8. The number of rotatable bonds is 8. The first-order valence-corrected chi connectivity index (χ1v) is 17.6. The zero-order valence-electron chi connectivity index (χ0n) is 25.9. The molecular formula is C32H64N8. The Labute approximate surface area is 246 Å². The number of nitrogens with zero attached hydrogens (tertiary/aromatic N) is 4. The normalized spacial score (nSPS) is 34.2. The van der Waals surface area contributed by atoms with Crippen LogP contribution in [0, 0.1) is 0 Å². The molecule has 5 rings (SSSR count). The van der Waals surface area contributed by atoms with Crippen LogP contribution in [0.1, 0.15) is 77.0 Å². The first-order valence-electron chi connectivity index (χ1n) is 17.6. The number of hydrogen-bond donors (Lipinski definition) is 4. The lowest BCUT2D eigenvalue weighted by atomic mass is 10.0. The highest BCUT2D eigenvalue weighted by atomic mass is 15.3. The van der Waals surface area contributed by atoms with Gasteiger partial charge in [-0.05, 0) is 77.5 Å². The highest BCUT2D eigenvalue weighted by Crippen LogP contribution is 2.14. The maximum Gasteiger partial charge on any atom is 0.0195 e. The van der Waals surface area contributed by atoms with Crippen molar-refractivity contribution in [1.82, 2.24) is 40.9 Å². The Bertz CT molecular complexity index is 527. The molecule has 0 saturated carbocycles. The molecule has 8 nitrogen and oxygen atoms in total. The Morgan fingerprint density at radius 3 is 0.725 bits per heavy atom. The third-order valence-corrected chi connectivity index (χ3v) is 10.5. The molecule has 4 unspecified atom stereocenters. The molecule has 0 aromatic rings. The molecule has 0 radical (unpaired) electrons. The summed E-state index contributed by atoms with van der Waals surface area (Å²) in [4.78, 5) is 11.3. The molecule has 5 saturated heterocycles. The maximum atomic E-state index is 3.85. The van der Waals surface area contributed by atoms with Crippen LogP contribution in [0.15, 0.2) is 0 Å². The predicted molar refractivity (Wildman–Crippen MR) is 168 cm³/mol. The maximum absolute atomic E-state index is 3.85. The minimum absolute atomic E-state index is 0.682. The van der Waals surface area contributed by atoms with E-state index in [0.29, 0.717) is 24.2 Å². The first-order chi connectivity index (χ1) is 19.8. The Hall–Kier alpha value is -0.320. The molecule has 5 aliphatic rings. The van der Waals surface area contributed by atoms with Crippen molar-refractivity contribution in [2.75, 3.05) is 105 Å². The van der Waals surface area contributed by atoms with Gasteiger partial charge in [0.05, 0.1) is 0 Å². The molecule has 5 aliphatic heterocycles. The molecule has 8 heteroatoms. The average molecular weight is 561 g/mol. The van der Waals surface area contributed by atoms with Crippen LogP contribution in [-0.2, 0) is 0 Å². The number of nitrogens with one attached hydrogen (secondary N) is 4. The summed E-state index contributed by atoms with van der Waals surface area (Å²) in [7, 11) is 0. The van der Waals surface area contributed by atoms with Gasteiger partial charge in [-0.15, -0.1) is 0 Å². The van der Waals surface area contributed by atoms with E-state index in [2.05, 4.69) is 40.9 Å². The Morgan fingerprint density at radius 1 is 0.325 bits per heavy atom. The zero-order chi connectivity index (χ0) is 27.2. The summed E-state index contributed by atoms with van der Waals surface area (Å²) in [5.74, 6) is 0. The van der Waals surface area contributed by atoms with Gasteiger partial charge in [-0.1, -0.05) is 25.7 Å².